The maximum atomic E-state index is 11.4. The molecule has 8 heteroatoms. The Morgan fingerprint density at radius 1 is 1.61 bits per heavy atom. The van der Waals surface area contributed by atoms with E-state index >= 15 is 0 Å². The molecule has 100 valence electrons. The number of hydrogen-bond acceptors (Lipinski definition) is 6. The van der Waals surface area contributed by atoms with Crippen LogP contribution in [-0.4, -0.2) is 46.0 Å². The fraction of sp³-hybridized carbons (Fsp3) is 0.500. The van der Waals surface area contributed by atoms with Crippen LogP contribution in [-0.2, 0) is 9.59 Å². The number of carbonyl (C=O) groups is 2. The van der Waals surface area contributed by atoms with Crippen molar-refractivity contribution in [1.29, 1.82) is 0 Å². The summed E-state index contributed by atoms with van der Waals surface area (Å²) in [6, 6.07) is 0.108. The Morgan fingerprint density at radius 2 is 2.28 bits per heavy atom. The summed E-state index contributed by atoms with van der Waals surface area (Å²) < 4.78 is 9.67. The Labute approximate surface area is 103 Å². The van der Waals surface area contributed by atoms with Crippen molar-refractivity contribution in [2.24, 2.45) is 0 Å². The standard InChI is InChI=1S/C10H14N2O6/c1-5-3-8(12-18-5)17-4-7(14)11-9(6(2)13)10(15)16/h3,6,9,13H,4H2,1-2H3,(H,11,14)(H,15,16)/t6-,9+/m1/s1. The predicted octanol–water partition coefficient (Wildman–Crippen LogP) is -0.688. The third kappa shape index (κ3) is 4.06. The number of aliphatic hydroxyl groups is 1. The number of carboxylic acids is 1. The van der Waals surface area contributed by atoms with E-state index in [4.69, 9.17) is 19.5 Å². The number of rotatable bonds is 6. The highest BCUT2D eigenvalue weighted by atomic mass is 16.5. The van der Waals surface area contributed by atoms with Crippen molar-refractivity contribution in [3.05, 3.63) is 11.8 Å². The van der Waals surface area contributed by atoms with Gasteiger partial charge in [-0.1, -0.05) is 0 Å². The maximum absolute atomic E-state index is 11.4. The second-order valence-electron chi connectivity index (χ2n) is 3.69. The fourth-order valence-electron chi connectivity index (χ4n) is 1.15. The summed E-state index contributed by atoms with van der Waals surface area (Å²) in [6.07, 6.45) is -1.21. The minimum absolute atomic E-state index is 0.131. The smallest absolute Gasteiger partial charge is 0.328 e. The minimum atomic E-state index is -1.37. The van der Waals surface area contributed by atoms with Crippen LogP contribution >= 0.6 is 0 Å². The van der Waals surface area contributed by atoms with E-state index in [-0.39, 0.29) is 5.88 Å². The zero-order valence-electron chi connectivity index (χ0n) is 9.91. The lowest BCUT2D eigenvalue weighted by Crippen LogP contribution is -2.49. The van der Waals surface area contributed by atoms with Gasteiger partial charge in [-0.05, 0) is 19.0 Å². The van der Waals surface area contributed by atoms with Crippen molar-refractivity contribution < 1.29 is 29.1 Å². The number of nitrogens with one attached hydrogen (secondary N) is 1. The van der Waals surface area contributed by atoms with Gasteiger partial charge >= 0.3 is 5.97 Å². The molecule has 8 nitrogen and oxygen atoms in total. The molecule has 0 aliphatic carbocycles. The lowest BCUT2D eigenvalue weighted by atomic mass is 10.2. The molecule has 0 aliphatic heterocycles. The van der Waals surface area contributed by atoms with Crippen LogP contribution < -0.4 is 10.1 Å². The molecule has 0 saturated heterocycles. The molecule has 0 bridgehead atoms. The number of carbonyl (C=O) groups excluding carboxylic acids is 1. The molecule has 3 N–H and O–H groups in total. The van der Waals surface area contributed by atoms with Crippen molar-refractivity contribution in [2.45, 2.75) is 26.0 Å². The molecule has 1 heterocycles. The molecule has 1 rings (SSSR count). The average Bonchev–Trinajstić information content (AvgIpc) is 2.68. The number of carboxylic acid groups (broad SMARTS) is 1. The largest absolute Gasteiger partial charge is 0.480 e. The van der Waals surface area contributed by atoms with E-state index in [1.54, 1.807) is 6.92 Å². The number of ether oxygens (including phenoxy) is 1. The number of aliphatic carboxylic acids is 1. The van der Waals surface area contributed by atoms with Gasteiger partial charge in [-0.2, -0.15) is 0 Å². The first-order chi connectivity index (χ1) is 8.40. The summed E-state index contributed by atoms with van der Waals surface area (Å²) >= 11 is 0. The lowest BCUT2D eigenvalue weighted by Gasteiger charge is -2.16. The van der Waals surface area contributed by atoms with E-state index in [1.807, 2.05) is 0 Å². The third-order valence-electron chi connectivity index (χ3n) is 2.02. The second kappa shape index (κ2) is 6.01. The Kier molecular flexibility index (Phi) is 4.67. The van der Waals surface area contributed by atoms with Crippen molar-refractivity contribution in [3.8, 4) is 5.88 Å². The molecule has 1 aromatic rings. The monoisotopic (exact) mass is 258 g/mol. The predicted molar refractivity (Wildman–Crippen MR) is 58.0 cm³/mol. The molecule has 1 aromatic heterocycles. The number of aromatic nitrogens is 1. The van der Waals surface area contributed by atoms with E-state index < -0.39 is 30.6 Å². The SMILES string of the molecule is Cc1cc(OCC(=O)N[C@H](C(=O)O)[C@@H](C)O)no1. The number of nitrogens with zero attached hydrogens (tertiary/aromatic N) is 1. The highest BCUT2D eigenvalue weighted by molar-refractivity contribution is 5.84. The van der Waals surface area contributed by atoms with Crippen LogP contribution in [0.15, 0.2) is 10.6 Å². The average molecular weight is 258 g/mol. The van der Waals surface area contributed by atoms with Crippen molar-refractivity contribution in [3.63, 3.8) is 0 Å². The van der Waals surface area contributed by atoms with Crippen LogP contribution in [0, 0.1) is 6.92 Å². The highest BCUT2D eigenvalue weighted by Gasteiger charge is 2.25. The maximum Gasteiger partial charge on any atom is 0.328 e. The molecule has 0 fully saturated rings. The Balaban J connectivity index is 2.43. The number of hydrogen-bond donors (Lipinski definition) is 3. The van der Waals surface area contributed by atoms with Crippen LogP contribution in [0.25, 0.3) is 0 Å². The zero-order valence-corrected chi connectivity index (χ0v) is 9.91. The van der Waals surface area contributed by atoms with E-state index in [2.05, 4.69) is 10.5 Å². The molecule has 0 saturated carbocycles. The topological polar surface area (TPSA) is 122 Å². The molecular formula is C10H14N2O6. The summed E-state index contributed by atoms with van der Waals surface area (Å²) in [5.74, 6) is -1.34. The molecular weight excluding hydrogens is 244 g/mol. The Morgan fingerprint density at radius 3 is 2.72 bits per heavy atom. The molecule has 0 aliphatic rings. The molecule has 1 amide bonds. The van der Waals surface area contributed by atoms with E-state index in [0.29, 0.717) is 5.76 Å². The second-order valence-corrected chi connectivity index (χ2v) is 3.69. The van der Waals surface area contributed by atoms with Crippen molar-refractivity contribution in [1.82, 2.24) is 10.5 Å². The fourth-order valence-corrected chi connectivity index (χ4v) is 1.15. The van der Waals surface area contributed by atoms with Crippen LogP contribution in [0.2, 0.25) is 0 Å². The van der Waals surface area contributed by atoms with Gasteiger partial charge in [0.25, 0.3) is 11.8 Å². The van der Waals surface area contributed by atoms with Gasteiger partial charge in [0, 0.05) is 6.07 Å². The van der Waals surface area contributed by atoms with Crippen molar-refractivity contribution >= 4 is 11.9 Å². The summed E-state index contributed by atoms with van der Waals surface area (Å²) in [7, 11) is 0. The van der Waals surface area contributed by atoms with E-state index in [9.17, 15) is 9.59 Å². The van der Waals surface area contributed by atoms with Gasteiger partial charge in [-0.15, -0.1) is 0 Å². The molecule has 2 atom stereocenters. The number of amides is 1. The van der Waals surface area contributed by atoms with Gasteiger partial charge in [0.2, 0.25) is 0 Å². The summed E-state index contributed by atoms with van der Waals surface area (Å²) in [4.78, 5) is 22.1. The Bertz CT molecular complexity index is 428. The summed E-state index contributed by atoms with van der Waals surface area (Å²) in [5.41, 5.74) is 0. The quantitative estimate of drug-likeness (QED) is 0.617. The summed E-state index contributed by atoms with van der Waals surface area (Å²) in [6.45, 7) is 2.51. The molecule has 0 aromatic carbocycles. The molecule has 0 radical (unpaired) electrons. The van der Waals surface area contributed by atoms with Crippen molar-refractivity contribution in [2.75, 3.05) is 6.61 Å². The first-order valence-corrected chi connectivity index (χ1v) is 5.16. The van der Waals surface area contributed by atoms with Gasteiger partial charge in [-0.3, -0.25) is 4.79 Å². The van der Waals surface area contributed by atoms with Gasteiger partial charge in [0.05, 0.1) is 6.10 Å². The normalized spacial score (nSPS) is 13.7. The highest BCUT2D eigenvalue weighted by Crippen LogP contribution is 2.09. The molecule has 0 spiro atoms. The van der Waals surface area contributed by atoms with Gasteiger partial charge in [-0.25, -0.2) is 4.79 Å². The van der Waals surface area contributed by atoms with Crippen LogP contribution in [0.1, 0.15) is 12.7 Å². The van der Waals surface area contributed by atoms with Gasteiger partial charge in [0.15, 0.2) is 12.6 Å². The Hall–Kier alpha value is -2.09. The van der Waals surface area contributed by atoms with Crippen LogP contribution in [0.5, 0.6) is 5.88 Å². The number of aryl methyl sites for hydroxylation is 1. The van der Waals surface area contributed by atoms with Gasteiger partial charge < -0.3 is 24.8 Å². The lowest BCUT2D eigenvalue weighted by molar-refractivity contribution is -0.145. The van der Waals surface area contributed by atoms with Crippen LogP contribution in [0.3, 0.4) is 0 Å². The first-order valence-electron chi connectivity index (χ1n) is 5.16. The third-order valence-corrected chi connectivity index (χ3v) is 2.02. The van der Waals surface area contributed by atoms with Crippen LogP contribution in [0.4, 0.5) is 0 Å². The molecule has 0 unspecified atom stereocenters. The van der Waals surface area contributed by atoms with E-state index in [1.165, 1.54) is 13.0 Å². The summed E-state index contributed by atoms with van der Waals surface area (Å²) in [5, 5.41) is 23.5. The van der Waals surface area contributed by atoms with Gasteiger partial charge in [0.1, 0.15) is 5.76 Å². The first kappa shape index (κ1) is 14.0. The minimum Gasteiger partial charge on any atom is -0.480 e. The zero-order chi connectivity index (χ0) is 13.7. The van der Waals surface area contributed by atoms with E-state index in [0.717, 1.165) is 0 Å². The molecule has 18 heavy (non-hydrogen) atoms. The number of aliphatic hydroxyl groups excluding tert-OH is 1.